The van der Waals surface area contributed by atoms with E-state index in [1.165, 1.54) is 14.2 Å². The van der Waals surface area contributed by atoms with Gasteiger partial charge in [0, 0.05) is 17.7 Å². The molecule has 1 aromatic carbocycles. The fourth-order valence-electron chi connectivity index (χ4n) is 3.02. The summed E-state index contributed by atoms with van der Waals surface area (Å²) in [4.78, 5) is 38.6. The maximum absolute atomic E-state index is 12.5. The van der Waals surface area contributed by atoms with Crippen LogP contribution in [0.5, 0.6) is 17.2 Å². The number of hydrogen-bond donors (Lipinski definition) is 1. The van der Waals surface area contributed by atoms with Crippen molar-refractivity contribution in [3.63, 3.8) is 0 Å². The first-order chi connectivity index (χ1) is 12.9. The second-order valence-corrected chi connectivity index (χ2v) is 6.07. The molecule has 0 spiro atoms. The molecule has 1 aliphatic rings. The first kappa shape index (κ1) is 18.5. The minimum atomic E-state index is -0.541. The van der Waals surface area contributed by atoms with Gasteiger partial charge in [-0.2, -0.15) is 0 Å². The highest BCUT2D eigenvalue weighted by atomic mass is 16.6. The lowest BCUT2D eigenvalue weighted by molar-refractivity contribution is -0.143. The Kier molecular flexibility index (Phi) is 5.16. The van der Waals surface area contributed by atoms with E-state index in [1.807, 2.05) is 0 Å². The van der Waals surface area contributed by atoms with Gasteiger partial charge in [-0.05, 0) is 24.6 Å². The summed E-state index contributed by atoms with van der Waals surface area (Å²) >= 11 is 0. The number of aromatic nitrogens is 1. The number of rotatable bonds is 5. The van der Waals surface area contributed by atoms with Crippen LogP contribution >= 0.6 is 0 Å². The molecule has 0 aliphatic carbocycles. The Morgan fingerprint density at radius 1 is 1.22 bits per heavy atom. The van der Waals surface area contributed by atoms with E-state index >= 15 is 0 Å². The van der Waals surface area contributed by atoms with E-state index in [0.29, 0.717) is 28.3 Å². The molecular weight excluding hydrogens is 354 g/mol. The van der Waals surface area contributed by atoms with Gasteiger partial charge in [-0.15, -0.1) is 0 Å². The molecule has 0 bridgehead atoms. The van der Waals surface area contributed by atoms with Crippen LogP contribution in [-0.4, -0.2) is 37.7 Å². The molecule has 142 valence electrons. The van der Waals surface area contributed by atoms with Crippen LogP contribution in [0.15, 0.2) is 29.1 Å². The van der Waals surface area contributed by atoms with Crippen molar-refractivity contribution in [3.8, 4) is 17.2 Å². The molecule has 0 unspecified atom stereocenters. The van der Waals surface area contributed by atoms with Crippen LogP contribution in [0.3, 0.4) is 0 Å². The standard InChI is InChI=1S/C19H19NO7/c1-10-6-15-18(19(23)20-10)12(8-16(21)27-15)11-4-5-13(24-2)14(7-11)26-9-17(22)25-3/h4-7,12H,8-9H2,1-3H3,(H,20,23)/t12-/m1/s1. The van der Waals surface area contributed by atoms with Crippen molar-refractivity contribution < 1.29 is 28.5 Å². The third-order valence-electron chi connectivity index (χ3n) is 4.27. The van der Waals surface area contributed by atoms with Crippen LogP contribution in [0.25, 0.3) is 0 Å². The Morgan fingerprint density at radius 3 is 2.70 bits per heavy atom. The Labute approximate surface area is 155 Å². The molecule has 3 rings (SSSR count). The molecule has 27 heavy (non-hydrogen) atoms. The largest absolute Gasteiger partial charge is 0.493 e. The van der Waals surface area contributed by atoms with Crippen LogP contribution in [0, 0.1) is 6.92 Å². The molecule has 0 saturated heterocycles. The van der Waals surface area contributed by atoms with Crippen molar-refractivity contribution in [3.05, 3.63) is 51.4 Å². The van der Waals surface area contributed by atoms with Crippen molar-refractivity contribution in [1.82, 2.24) is 4.98 Å². The molecule has 0 saturated carbocycles. The van der Waals surface area contributed by atoms with Gasteiger partial charge in [-0.3, -0.25) is 9.59 Å². The van der Waals surface area contributed by atoms with Crippen LogP contribution in [0.1, 0.15) is 29.2 Å². The Balaban J connectivity index is 2.03. The van der Waals surface area contributed by atoms with Crippen LogP contribution < -0.4 is 19.8 Å². The zero-order chi connectivity index (χ0) is 19.6. The summed E-state index contributed by atoms with van der Waals surface area (Å²) in [6.07, 6.45) is 0.0158. The molecule has 2 heterocycles. The van der Waals surface area contributed by atoms with Gasteiger partial charge in [0.25, 0.3) is 5.56 Å². The predicted molar refractivity (Wildman–Crippen MR) is 94.4 cm³/mol. The van der Waals surface area contributed by atoms with Gasteiger partial charge >= 0.3 is 11.9 Å². The molecule has 1 aliphatic heterocycles. The summed E-state index contributed by atoms with van der Waals surface area (Å²) < 4.78 is 20.5. The number of methoxy groups -OCH3 is 2. The molecule has 0 amide bonds. The molecule has 0 fully saturated rings. The Bertz CT molecular complexity index is 948. The van der Waals surface area contributed by atoms with Gasteiger partial charge in [0.15, 0.2) is 18.1 Å². The van der Waals surface area contributed by atoms with E-state index in [4.69, 9.17) is 14.2 Å². The summed E-state index contributed by atoms with van der Waals surface area (Å²) in [5.41, 5.74) is 1.34. The summed E-state index contributed by atoms with van der Waals surface area (Å²) in [6.45, 7) is 1.42. The summed E-state index contributed by atoms with van der Waals surface area (Å²) in [5.74, 6) is -0.489. The number of ether oxygens (including phenoxy) is 4. The second kappa shape index (κ2) is 7.53. The predicted octanol–water partition coefficient (Wildman–Crippen LogP) is 1.68. The fraction of sp³-hybridized carbons (Fsp3) is 0.316. The van der Waals surface area contributed by atoms with Gasteiger partial charge in [0.2, 0.25) is 0 Å². The molecule has 2 aromatic rings. The maximum Gasteiger partial charge on any atom is 0.343 e. The third-order valence-corrected chi connectivity index (χ3v) is 4.27. The van der Waals surface area contributed by atoms with Gasteiger partial charge in [-0.25, -0.2) is 4.79 Å². The molecule has 1 atom stereocenters. The van der Waals surface area contributed by atoms with Crippen molar-refractivity contribution in [2.45, 2.75) is 19.3 Å². The van der Waals surface area contributed by atoms with Crippen LogP contribution in [0.2, 0.25) is 0 Å². The van der Waals surface area contributed by atoms with E-state index in [9.17, 15) is 14.4 Å². The highest BCUT2D eigenvalue weighted by Crippen LogP contribution is 2.39. The van der Waals surface area contributed by atoms with E-state index in [1.54, 1.807) is 31.2 Å². The minimum absolute atomic E-state index is 0.0158. The highest BCUT2D eigenvalue weighted by molar-refractivity contribution is 5.77. The zero-order valence-corrected chi connectivity index (χ0v) is 15.2. The van der Waals surface area contributed by atoms with Crippen LogP contribution in [0.4, 0.5) is 0 Å². The molecular formula is C19H19NO7. The molecule has 0 radical (unpaired) electrons. The summed E-state index contributed by atoms with van der Waals surface area (Å²) in [6, 6.07) is 6.67. The molecule has 1 N–H and O–H groups in total. The number of carbonyl (C=O) groups excluding carboxylic acids is 2. The van der Waals surface area contributed by atoms with Gasteiger partial charge in [-0.1, -0.05) is 6.07 Å². The average molecular weight is 373 g/mol. The number of pyridine rings is 1. The maximum atomic E-state index is 12.5. The average Bonchev–Trinajstić information content (AvgIpc) is 2.64. The third kappa shape index (κ3) is 3.79. The van der Waals surface area contributed by atoms with E-state index in [2.05, 4.69) is 9.72 Å². The van der Waals surface area contributed by atoms with E-state index in [-0.39, 0.29) is 24.3 Å². The number of esters is 2. The lowest BCUT2D eigenvalue weighted by atomic mass is 9.87. The van der Waals surface area contributed by atoms with Crippen molar-refractivity contribution in [2.24, 2.45) is 0 Å². The Hall–Kier alpha value is -3.29. The second-order valence-electron chi connectivity index (χ2n) is 6.07. The number of aryl methyl sites for hydroxylation is 1. The Morgan fingerprint density at radius 2 is 2.00 bits per heavy atom. The normalized spacial score (nSPS) is 15.5. The lowest BCUT2D eigenvalue weighted by Gasteiger charge is -2.24. The first-order valence-electron chi connectivity index (χ1n) is 8.25. The number of H-pyrrole nitrogens is 1. The number of aromatic amines is 1. The molecule has 8 nitrogen and oxygen atoms in total. The summed E-state index contributed by atoms with van der Waals surface area (Å²) in [7, 11) is 2.74. The fourth-order valence-corrected chi connectivity index (χ4v) is 3.02. The van der Waals surface area contributed by atoms with Crippen molar-refractivity contribution in [2.75, 3.05) is 20.8 Å². The SMILES string of the molecule is COC(=O)COc1cc([C@H]2CC(=O)Oc3cc(C)[nH]c(=O)c32)ccc1OC. The van der Waals surface area contributed by atoms with Crippen LogP contribution in [-0.2, 0) is 14.3 Å². The van der Waals surface area contributed by atoms with Gasteiger partial charge < -0.3 is 23.9 Å². The van der Waals surface area contributed by atoms with E-state index < -0.39 is 17.9 Å². The molecule has 1 aromatic heterocycles. The van der Waals surface area contributed by atoms with Gasteiger partial charge in [0.1, 0.15) is 5.75 Å². The number of hydrogen-bond acceptors (Lipinski definition) is 7. The number of fused-ring (bicyclic) bond motifs is 1. The monoisotopic (exact) mass is 373 g/mol. The highest BCUT2D eigenvalue weighted by Gasteiger charge is 2.32. The number of benzene rings is 1. The minimum Gasteiger partial charge on any atom is -0.493 e. The number of carbonyl (C=O) groups is 2. The lowest BCUT2D eigenvalue weighted by Crippen LogP contribution is -2.28. The quantitative estimate of drug-likeness (QED) is 0.795. The summed E-state index contributed by atoms with van der Waals surface area (Å²) in [5, 5.41) is 0. The molecule has 8 heteroatoms. The van der Waals surface area contributed by atoms with E-state index in [0.717, 1.165) is 0 Å². The first-order valence-corrected chi connectivity index (χ1v) is 8.25. The number of nitrogens with one attached hydrogen (secondary N) is 1. The van der Waals surface area contributed by atoms with Gasteiger partial charge in [0.05, 0.1) is 26.2 Å². The smallest absolute Gasteiger partial charge is 0.343 e. The zero-order valence-electron chi connectivity index (χ0n) is 15.2. The van der Waals surface area contributed by atoms with Crippen molar-refractivity contribution in [1.29, 1.82) is 0 Å². The topological polar surface area (TPSA) is 104 Å². The van der Waals surface area contributed by atoms with Crippen molar-refractivity contribution >= 4 is 11.9 Å².